The molecule has 1 aromatic carbocycles. The predicted octanol–water partition coefficient (Wildman–Crippen LogP) is 2.46. The number of hydrogen-bond donors (Lipinski definition) is 1. The molecule has 0 aliphatic rings. The lowest BCUT2D eigenvalue weighted by atomic mass is 10.1. The Kier molecular flexibility index (Phi) is 5.78. The van der Waals surface area contributed by atoms with Gasteiger partial charge in [-0.25, -0.2) is 0 Å². The minimum absolute atomic E-state index is 0.0456. The summed E-state index contributed by atoms with van der Waals surface area (Å²) >= 11 is 0. The monoisotopic (exact) mass is 329 g/mol. The van der Waals surface area contributed by atoms with Gasteiger partial charge in [-0.1, -0.05) is 30.3 Å². The Bertz CT molecular complexity index is 672. The van der Waals surface area contributed by atoms with Crippen molar-refractivity contribution in [1.82, 2.24) is 14.7 Å². The fourth-order valence-corrected chi connectivity index (χ4v) is 2.80. The van der Waals surface area contributed by atoms with E-state index in [0.29, 0.717) is 25.9 Å². The molecule has 1 heterocycles. The summed E-state index contributed by atoms with van der Waals surface area (Å²) in [7, 11) is 1.88. The van der Waals surface area contributed by atoms with Gasteiger partial charge in [0.2, 0.25) is 5.91 Å². The van der Waals surface area contributed by atoms with Gasteiger partial charge in [0.1, 0.15) is 0 Å². The van der Waals surface area contributed by atoms with Gasteiger partial charge < -0.3 is 10.0 Å². The first-order valence-corrected chi connectivity index (χ1v) is 8.28. The highest BCUT2D eigenvalue weighted by Gasteiger charge is 2.22. The standard InChI is InChI=1S/C19H27N3O2/c1-15-17(13-21(4)20-15)10-11-18(23)22(14-19(2,3)24)12-16-8-6-5-7-9-16/h5-9,13,24H,10-12,14H2,1-4H3. The summed E-state index contributed by atoms with van der Waals surface area (Å²) in [6.07, 6.45) is 3.03. The molecule has 0 radical (unpaired) electrons. The van der Waals surface area contributed by atoms with E-state index in [2.05, 4.69) is 5.10 Å². The van der Waals surface area contributed by atoms with E-state index in [4.69, 9.17) is 0 Å². The molecule has 0 aliphatic carbocycles. The smallest absolute Gasteiger partial charge is 0.223 e. The Balaban J connectivity index is 2.04. The van der Waals surface area contributed by atoms with Crippen molar-refractivity contribution in [2.45, 2.75) is 45.8 Å². The second-order valence-electron chi connectivity index (χ2n) is 6.96. The van der Waals surface area contributed by atoms with Crippen molar-refractivity contribution < 1.29 is 9.90 Å². The lowest BCUT2D eigenvalue weighted by Crippen LogP contribution is -2.41. The van der Waals surface area contributed by atoms with E-state index >= 15 is 0 Å². The van der Waals surface area contributed by atoms with Gasteiger partial charge in [-0.2, -0.15) is 5.10 Å². The van der Waals surface area contributed by atoms with Gasteiger partial charge in [0.05, 0.1) is 11.3 Å². The van der Waals surface area contributed by atoms with E-state index in [1.807, 2.05) is 50.5 Å². The predicted molar refractivity (Wildman–Crippen MR) is 94.4 cm³/mol. The largest absolute Gasteiger partial charge is 0.389 e. The number of aryl methyl sites for hydroxylation is 3. The molecular formula is C19H27N3O2. The number of aliphatic hydroxyl groups is 1. The van der Waals surface area contributed by atoms with E-state index in [1.54, 1.807) is 23.4 Å². The van der Waals surface area contributed by atoms with Crippen molar-refractivity contribution in [3.63, 3.8) is 0 Å². The molecule has 1 amide bonds. The molecule has 5 heteroatoms. The van der Waals surface area contributed by atoms with Gasteiger partial charge in [-0.3, -0.25) is 9.48 Å². The minimum atomic E-state index is -0.922. The zero-order valence-electron chi connectivity index (χ0n) is 15.0. The Labute approximate surface area is 143 Å². The zero-order valence-corrected chi connectivity index (χ0v) is 15.0. The molecule has 1 aromatic heterocycles. The van der Waals surface area contributed by atoms with Crippen LogP contribution in [0.5, 0.6) is 0 Å². The molecule has 1 N–H and O–H groups in total. The molecule has 130 valence electrons. The Morgan fingerprint density at radius 2 is 1.96 bits per heavy atom. The molecule has 0 saturated carbocycles. The maximum atomic E-state index is 12.7. The first-order valence-electron chi connectivity index (χ1n) is 8.28. The highest BCUT2D eigenvalue weighted by molar-refractivity contribution is 5.76. The van der Waals surface area contributed by atoms with Crippen molar-refractivity contribution in [2.24, 2.45) is 7.05 Å². The fraction of sp³-hybridized carbons (Fsp3) is 0.474. The number of carbonyl (C=O) groups is 1. The SMILES string of the molecule is Cc1nn(C)cc1CCC(=O)N(Cc1ccccc1)CC(C)(C)O. The van der Waals surface area contributed by atoms with E-state index in [9.17, 15) is 9.90 Å². The number of nitrogens with zero attached hydrogens (tertiary/aromatic N) is 3. The first kappa shape index (κ1) is 18.2. The maximum Gasteiger partial charge on any atom is 0.223 e. The summed E-state index contributed by atoms with van der Waals surface area (Å²) in [5.74, 6) is 0.0456. The van der Waals surface area contributed by atoms with Crippen LogP contribution in [0.2, 0.25) is 0 Å². The van der Waals surface area contributed by atoms with Crippen LogP contribution in [-0.4, -0.2) is 37.8 Å². The molecule has 0 atom stereocenters. The van der Waals surface area contributed by atoms with E-state index in [1.165, 1.54) is 0 Å². The van der Waals surface area contributed by atoms with Crippen molar-refractivity contribution in [3.8, 4) is 0 Å². The molecule has 5 nitrogen and oxygen atoms in total. The Morgan fingerprint density at radius 3 is 2.50 bits per heavy atom. The van der Waals surface area contributed by atoms with Gasteiger partial charge in [-0.05, 0) is 38.3 Å². The van der Waals surface area contributed by atoms with Crippen LogP contribution in [0.15, 0.2) is 36.5 Å². The lowest BCUT2D eigenvalue weighted by Gasteiger charge is -2.29. The molecule has 2 aromatic rings. The molecule has 24 heavy (non-hydrogen) atoms. The highest BCUT2D eigenvalue weighted by atomic mass is 16.3. The van der Waals surface area contributed by atoms with Crippen LogP contribution in [0.1, 0.15) is 37.1 Å². The number of benzene rings is 1. The molecule has 0 spiro atoms. The van der Waals surface area contributed by atoms with Crippen LogP contribution >= 0.6 is 0 Å². The van der Waals surface area contributed by atoms with Crippen LogP contribution in [0.25, 0.3) is 0 Å². The second-order valence-corrected chi connectivity index (χ2v) is 6.96. The fourth-order valence-electron chi connectivity index (χ4n) is 2.80. The topological polar surface area (TPSA) is 58.4 Å². The average molecular weight is 329 g/mol. The Hall–Kier alpha value is -2.14. The third-order valence-electron chi connectivity index (χ3n) is 3.87. The summed E-state index contributed by atoms with van der Waals surface area (Å²) in [6, 6.07) is 9.87. The highest BCUT2D eigenvalue weighted by Crippen LogP contribution is 2.14. The van der Waals surface area contributed by atoms with E-state index in [0.717, 1.165) is 16.8 Å². The normalized spacial score (nSPS) is 11.5. The van der Waals surface area contributed by atoms with Crippen LogP contribution in [0.3, 0.4) is 0 Å². The average Bonchev–Trinajstić information content (AvgIpc) is 2.81. The third-order valence-corrected chi connectivity index (χ3v) is 3.87. The number of rotatable bonds is 7. The number of amides is 1. The van der Waals surface area contributed by atoms with Gasteiger partial charge in [0, 0.05) is 32.8 Å². The lowest BCUT2D eigenvalue weighted by molar-refractivity contribution is -0.134. The van der Waals surface area contributed by atoms with Crippen LogP contribution < -0.4 is 0 Å². The minimum Gasteiger partial charge on any atom is -0.389 e. The van der Waals surface area contributed by atoms with Crippen LogP contribution in [0.4, 0.5) is 0 Å². The number of carbonyl (C=O) groups excluding carboxylic acids is 1. The van der Waals surface area contributed by atoms with Gasteiger partial charge in [0.15, 0.2) is 0 Å². The number of hydrogen-bond acceptors (Lipinski definition) is 3. The molecule has 0 bridgehead atoms. The zero-order chi connectivity index (χ0) is 17.7. The van der Waals surface area contributed by atoms with Crippen LogP contribution in [-0.2, 0) is 24.8 Å². The maximum absolute atomic E-state index is 12.7. The second kappa shape index (κ2) is 7.62. The first-order chi connectivity index (χ1) is 11.2. The molecule has 0 aliphatic heterocycles. The summed E-state index contributed by atoms with van der Waals surface area (Å²) in [5.41, 5.74) is 2.19. The summed E-state index contributed by atoms with van der Waals surface area (Å²) in [4.78, 5) is 14.4. The third kappa shape index (κ3) is 5.49. The van der Waals surface area contributed by atoms with Crippen LogP contribution in [0, 0.1) is 6.92 Å². The summed E-state index contributed by atoms with van der Waals surface area (Å²) in [5, 5.41) is 14.5. The van der Waals surface area contributed by atoms with E-state index in [-0.39, 0.29) is 5.91 Å². The molecule has 0 saturated heterocycles. The van der Waals surface area contributed by atoms with Gasteiger partial charge in [0.25, 0.3) is 0 Å². The van der Waals surface area contributed by atoms with Crippen molar-refractivity contribution >= 4 is 5.91 Å². The summed E-state index contributed by atoms with van der Waals surface area (Å²) < 4.78 is 1.77. The molecular weight excluding hydrogens is 302 g/mol. The molecule has 2 rings (SSSR count). The Morgan fingerprint density at radius 1 is 1.29 bits per heavy atom. The molecule has 0 unspecified atom stereocenters. The van der Waals surface area contributed by atoms with E-state index < -0.39 is 5.60 Å². The van der Waals surface area contributed by atoms with Crippen molar-refractivity contribution in [2.75, 3.05) is 6.54 Å². The van der Waals surface area contributed by atoms with Crippen molar-refractivity contribution in [1.29, 1.82) is 0 Å². The summed E-state index contributed by atoms with van der Waals surface area (Å²) in [6.45, 7) is 6.23. The van der Waals surface area contributed by atoms with Gasteiger partial charge in [-0.15, -0.1) is 0 Å². The molecule has 0 fully saturated rings. The number of aromatic nitrogens is 2. The van der Waals surface area contributed by atoms with Crippen molar-refractivity contribution in [3.05, 3.63) is 53.3 Å². The van der Waals surface area contributed by atoms with Gasteiger partial charge >= 0.3 is 0 Å². The quantitative estimate of drug-likeness (QED) is 0.849.